The minimum Gasteiger partial charge on any atom is -0.497 e. The third-order valence-corrected chi connectivity index (χ3v) is 3.00. The zero-order valence-electron chi connectivity index (χ0n) is 11.9. The Hall–Kier alpha value is -2.96. The normalized spacial score (nSPS) is 11.5. The zero-order chi connectivity index (χ0) is 15.9. The number of carbonyl (C=O) groups excluding carboxylic acids is 1. The van der Waals surface area contributed by atoms with E-state index in [4.69, 9.17) is 9.84 Å². The van der Waals surface area contributed by atoms with Crippen molar-refractivity contribution in [2.24, 2.45) is 0 Å². The van der Waals surface area contributed by atoms with Gasteiger partial charge in [-0.25, -0.2) is 4.98 Å². The monoisotopic (exact) mass is 301 g/mol. The van der Waals surface area contributed by atoms with E-state index >= 15 is 0 Å². The second-order valence-corrected chi connectivity index (χ2v) is 4.49. The van der Waals surface area contributed by atoms with Gasteiger partial charge >= 0.3 is 5.97 Å². The summed E-state index contributed by atoms with van der Waals surface area (Å²) in [7, 11) is 1.54. The van der Waals surface area contributed by atoms with Gasteiger partial charge in [0.2, 0.25) is 0 Å². The number of aromatic nitrogens is 2. The standard InChI is InChI=1S/C15H15N3O4/c1-22-11-4-2-10(3-5-11)12(8-14(19)20)18-15(21)13-9-16-6-7-17-13/h2-7,9,12H,8H2,1H3,(H,18,21)(H,19,20). The molecule has 1 heterocycles. The second kappa shape index (κ2) is 7.16. The van der Waals surface area contributed by atoms with Crippen LogP contribution < -0.4 is 10.1 Å². The van der Waals surface area contributed by atoms with Gasteiger partial charge in [0.1, 0.15) is 11.4 Å². The highest BCUT2D eigenvalue weighted by atomic mass is 16.5. The van der Waals surface area contributed by atoms with Crippen molar-refractivity contribution in [3.63, 3.8) is 0 Å². The first-order valence-corrected chi connectivity index (χ1v) is 6.52. The molecule has 0 saturated carbocycles. The summed E-state index contributed by atoms with van der Waals surface area (Å²) in [5.41, 5.74) is 0.798. The summed E-state index contributed by atoms with van der Waals surface area (Å²) < 4.78 is 5.06. The summed E-state index contributed by atoms with van der Waals surface area (Å²) in [5.74, 6) is -0.839. The van der Waals surface area contributed by atoms with Gasteiger partial charge in [-0.15, -0.1) is 0 Å². The van der Waals surface area contributed by atoms with Gasteiger partial charge in [0.15, 0.2) is 0 Å². The molecule has 0 fully saturated rings. The lowest BCUT2D eigenvalue weighted by atomic mass is 10.0. The van der Waals surface area contributed by atoms with Crippen LogP contribution in [0.4, 0.5) is 0 Å². The molecule has 0 aliphatic carbocycles. The van der Waals surface area contributed by atoms with Crippen molar-refractivity contribution < 1.29 is 19.4 Å². The Bertz CT molecular complexity index is 644. The molecule has 7 heteroatoms. The van der Waals surface area contributed by atoms with E-state index < -0.39 is 17.9 Å². The van der Waals surface area contributed by atoms with E-state index in [1.165, 1.54) is 18.6 Å². The number of carboxylic acid groups (broad SMARTS) is 1. The fourth-order valence-electron chi connectivity index (χ4n) is 1.91. The van der Waals surface area contributed by atoms with Crippen LogP contribution in [0, 0.1) is 0 Å². The number of hydrogen-bond acceptors (Lipinski definition) is 5. The van der Waals surface area contributed by atoms with E-state index in [0.717, 1.165) is 0 Å². The molecule has 2 rings (SSSR count). The Kier molecular flexibility index (Phi) is 5.02. The molecule has 0 radical (unpaired) electrons. The van der Waals surface area contributed by atoms with E-state index in [9.17, 15) is 9.59 Å². The SMILES string of the molecule is COc1ccc(C(CC(=O)O)NC(=O)c2cnccn2)cc1. The van der Waals surface area contributed by atoms with Gasteiger partial charge in [-0.3, -0.25) is 14.6 Å². The number of nitrogens with one attached hydrogen (secondary N) is 1. The number of rotatable bonds is 6. The Morgan fingerprint density at radius 1 is 1.27 bits per heavy atom. The number of carbonyl (C=O) groups is 2. The van der Waals surface area contributed by atoms with Gasteiger partial charge in [0, 0.05) is 12.4 Å². The fourth-order valence-corrected chi connectivity index (χ4v) is 1.91. The molecule has 0 spiro atoms. The van der Waals surface area contributed by atoms with E-state index in [1.807, 2.05) is 0 Å². The van der Waals surface area contributed by atoms with Crippen molar-refractivity contribution in [3.05, 3.63) is 54.1 Å². The minimum absolute atomic E-state index is 0.131. The van der Waals surface area contributed by atoms with Gasteiger partial charge < -0.3 is 15.2 Å². The quantitative estimate of drug-likeness (QED) is 0.837. The minimum atomic E-state index is -1.01. The third kappa shape index (κ3) is 4.02. The first kappa shape index (κ1) is 15.4. The van der Waals surface area contributed by atoms with Crippen LogP contribution in [0.3, 0.4) is 0 Å². The Labute approximate surface area is 127 Å². The molecule has 0 bridgehead atoms. The van der Waals surface area contributed by atoms with Gasteiger partial charge in [-0.1, -0.05) is 12.1 Å². The summed E-state index contributed by atoms with van der Waals surface area (Å²) in [6.45, 7) is 0. The van der Waals surface area contributed by atoms with Gasteiger partial charge in [0.05, 0.1) is 25.8 Å². The molecular weight excluding hydrogens is 286 g/mol. The number of nitrogens with zero attached hydrogens (tertiary/aromatic N) is 2. The molecule has 1 aromatic carbocycles. The van der Waals surface area contributed by atoms with Crippen molar-refractivity contribution in [2.75, 3.05) is 7.11 Å². The van der Waals surface area contributed by atoms with Gasteiger partial charge in [0.25, 0.3) is 5.91 Å². The van der Waals surface area contributed by atoms with Gasteiger partial charge in [-0.05, 0) is 17.7 Å². The van der Waals surface area contributed by atoms with Crippen LogP contribution in [0.15, 0.2) is 42.9 Å². The number of amides is 1. The molecule has 7 nitrogen and oxygen atoms in total. The Balaban J connectivity index is 2.18. The van der Waals surface area contributed by atoms with Crippen molar-refractivity contribution in [3.8, 4) is 5.75 Å². The predicted octanol–water partition coefficient (Wildman–Crippen LogP) is 1.43. The first-order valence-electron chi connectivity index (χ1n) is 6.52. The van der Waals surface area contributed by atoms with Crippen LogP contribution in [-0.4, -0.2) is 34.1 Å². The fraction of sp³-hybridized carbons (Fsp3) is 0.200. The van der Waals surface area contributed by atoms with Crippen molar-refractivity contribution in [2.45, 2.75) is 12.5 Å². The van der Waals surface area contributed by atoms with E-state index in [-0.39, 0.29) is 12.1 Å². The number of ether oxygens (including phenoxy) is 1. The van der Waals surface area contributed by atoms with Crippen LogP contribution >= 0.6 is 0 Å². The number of hydrogen-bond donors (Lipinski definition) is 2. The average molecular weight is 301 g/mol. The molecule has 2 N–H and O–H groups in total. The molecule has 1 aromatic heterocycles. The number of benzene rings is 1. The lowest BCUT2D eigenvalue weighted by Crippen LogP contribution is -2.30. The molecule has 1 atom stereocenters. The zero-order valence-corrected chi connectivity index (χ0v) is 11.9. The Morgan fingerprint density at radius 2 is 2.00 bits per heavy atom. The summed E-state index contributed by atoms with van der Waals surface area (Å²) in [6.07, 6.45) is 3.93. The maximum absolute atomic E-state index is 12.1. The highest BCUT2D eigenvalue weighted by Crippen LogP contribution is 2.20. The van der Waals surface area contributed by atoms with Crippen molar-refractivity contribution >= 4 is 11.9 Å². The molecule has 2 aromatic rings. The highest BCUT2D eigenvalue weighted by Gasteiger charge is 2.19. The van der Waals surface area contributed by atoms with E-state index in [1.54, 1.807) is 31.4 Å². The Morgan fingerprint density at radius 3 is 2.55 bits per heavy atom. The van der Waals surface area contributed by atoms with Crippen molar-refractivity contribution in [1.82, 2.24) is 15.3 Å². The maximum Gasteiger partial charge on any atom is 0.305 e. The van der Waals surface area contributed by atoms with Crippen LogP contribution in [-0.2, 0) is 4.79 Å². The lowest BCUT2D eigenvalue weighted by Gasteiger charge is -2.17. The summed E-state index contributed by atoms with van der Waals surface area (Å²) in [4.78, 5) is 30.8. The summed E-state index contributed by atoms with van der Waals surface area (Å²) in [6, 6.07) is 6.17. The molecule has 0 aliphatic heterocycles. The van der Waals surface area contributed by atoms with Crippen molar-refractivity contribution in [1.29, 1.82) is 0 Å². The third-order valence-electron chi connectivity index (χ3n) is 3.00. The van der Waals surface area contributed by atoms with Gasteiger partial charge in [-0.2, -0.15) is 0 Å². The lowest BCUT2D eigenvalue weighted by molar-refractivity contribution is -0.137. The first-order chi connectivity index (χ1) is 10.6. The van der Waals surface area contributed by atoms with Crippen LogP contribution in [0.25, 0.3) is 0 Å². The predicted molar refractivity (Wildman–Crippen MR) is 77.5 cm³/mol. The molecule has 1 unspecified atom stereocenters. The highest BCUT2D eigenvalue weighted by molar-refractivity contribution is 5.92. The van der Waals surface area contributed by atoms with E-state index in [2.05, 4.69) is 15.3 Å². The number of carboxylic acids is 1. The molecule has 1 amide bonds. The molecule has 22 heavy (non-hydrogen) atoms. The smallest absolute Gasteiger partial charge is 0.305 e. The summed E-state index contributed by atoms with van der Waals surface area (Å²) >= 11 is 0. The van der Waals surface area contributed by atoms with E-state index in [0.29, 0.717) is 11.3 Å². The second-order valence-electron chi connectivity index (χ2n) is 4.49. The maximum atomic E-state index is 12.1. The largest absolute Gasteiger partial charge is 0.497 e. The number of aliphatic carboxylic acids is 1. The molecule has 114 valence electrons. The summed E-state index contributed by atoms with van der Waals surface area (Å²) in [5, 5.41) is 11.7. The molecule has 0 saturated heterocycles. The molecule has 0 aliphatic rings. The topological polar surface area (TPSA) is 101 Å². The average Bonchev–Trinajstić information content (AvgIpc) is 2.54. The van der Waals surface area contributed by atoms with Crippen LogP contribution in [0.1, 0.15) is 28.5 Å². The molecular formula is C15H15N3O4. The number of methoxy groups -OCH3 is 1. The van der Waals surface area contributed by atoms with Crippen LogP contribution in [0.2, 0.25) is 0 Å². The van der Waals surface area contributed by atoms with Crippen LogP contribution in [0.5, 0.6) is 5.75 Å².